The van der Waals surface area contributed by atoms with Gasteiger partial charge in [-0.2, -0.15) is 0 Å². The Balaban J connectivity index is 1.71. The van der Waals surface area contributed by atoms with Gasteiger partial charge in [0.25, 0.3) is 0 Å². The first kappa shape index (κ1) is 58.3. The average Bonchev–Trinajstić information content (AvgIpc) is 4.12. The lowest BCUT2D eigenvalue weighted by Crippen LogP contribution is -2.61. The van der Waals surface area contributed by atoms with Crippen LogP contribution in [-0.2, 0) is 44.8 Å². The predicted octanol–water partition coefficient (Wildman–Crippen LogP) is 4.45. The Morgan fingerprint density at radius 3 is 2.13 bits per heavy atom. The number of alkyl carbamates (subject to hydrolysis) is 2. The molecule has 0 bridgehead atoms. The molecule has 69 heavy (non-hydrogen) atoms. The summed E-state index contributed by atoms with van der Waals surface area (Å²) in [4.78, 5) is 97.2. The van der Waals surface area contributed by atoms with Crippen LogP contribution in [0.1, 0.15) is 131 Å². The number of ether oxygens (including phenoxy) is 3. The molecular formula is C50H84N8O11. The lowest BCUT2D eigenvalue weighted by atomic mass is 9.83. The second-order valence-electron chi connectivity index (χ2n) is 20.2. The molecular weight excluding hydrogens is 889 g/mol. The van der Waals surface area contributed by atoms with Crippen molar-refractivity contribution in [1.29, 1.82) is 0 Å². The van der Waals surface area contributed by atoms with Gasteiger partial charge in [-0.3, -0.25) is 24.1 Å². The SMILES string of the molecule is CCCC[C@@H](C(=O)N(C)[C@@H](CC(C)C)C(=O)N[C@H](C(=O)N[C@@H](CNC(=O)OCc1ccccc1)C(=O)O)C1CCCCC1)N(CC1CC1)C[C@@H](C)NC(=O)[C@@H](N)COCCCNC(=O)OC(C)(C)C. The summed E-state index contributed by atoms with van der Waals surface area (Å²) in [7, 11) is 1.62. The van der Waals surface area contributed by atoms with Gasteiger partial charge >= 0.3 is 18.2 Å². The van der Waals surface area contributed by atoms with Crippen LogP contribution in [0.2, 0.25) is 0 Å². The fourth-order valence-corrected chi connectivity index (χ4v) is 8.34. The summed E-state index contributed by atoms with van der Waals surface area (Å²) in [6.07, 6.45) is 7.51. The van der Waals surface area contributed by atoms with Gasteiger partial charge in [-0.05, 0) is 96.0 Å². The van der Waals surface area contributed by atoms with Crippen molar-refractivity contribution in [3.05, 3.63) is 35.9 Å². The minimum atomic E-state index is -1.51. The third-order valence-corrected chi connectivity index (χ3v) is 12.2. The second kappa shape index (κ2) is 29.9. The van der Waals surface area contributed by atoms with Crippen molar-refractivity contribution < 1.29 is 52.9 Å². The number of nitrogens with zero attached hydrogens (tertiary/aromatic N) is 2. The van der Waals surface area contributed by atoms with Gasteiger partial charge in [0.2, 0.25) is 23.6 Å². The van der Waals surface area contributed by atoms with Crippen molar-refractivity contribution in [3.8, 4) is 0 Å². The highest BCUT2D eigenvalue weighted by Crippen LogP contribution is 2.32. The van der Waals surface area contributed by atoms with Gasteiger partial charge in [0.05, 0.1) is 19.2 Å². The van der Waals surface area contributed by atoms with Gasteiger partial charge in [-0.15, -0.1) is 0 Å². The van der Waals surface area contributed by atoms with E-state index >= 15 is 0 Å². The molecule has 0 saturated heterocycles. The molecule has 3 rings (SSSR count). The molecule has 2 aliphatic rings. The van der Waals surface area contributed by atoms with Crippen LogP contribution in [-0.4, -0.2) is 145 Å². The van der Waals surface area contributed by atoms with Gasteiger partial charge < -0.3 is 56.5 Å². The first-order valence-electron chi connectivity index (χ1n) is 25.1. The molecule has 1 aromatic carbocycles. The summed E-state index contributed by atoms with van der Waals surface area (Å²) in [5, 5.41) is 23.7. The second-order valence-corrected chi connectivity index (χ2v) is 20.2. The number of carbonyl (C=O) groups is 7. The zero-order valence-electron chi connectivity index (χ0n) is 42.5. The number of nitrogens with two attached hydrogens (primary N) is 1. The molecule has 0 unspecified atom stereocenters. The van der Waals surface area contributed by atoms with Crippen LogP contribution in [0.3, 0.4) is 0 Å². The molecule has 1 aromatic rings. The number of benzene rings is 1. The van der Waals surface area contributed by atoms with Gasteiger partial charge in [-0.1, -0.05) is 83.2 Å². The van der Waals surface area contributed by atoms with E-state index in [2.05, 4.69) is 38.4 Å². The maximum absolute atomic E-state index is 14.9. The van der Waals surface area contributed by atoms with Gasteiger partial charge in [0.1, 0.15) is 36.4 Å². The minimum Gasteiger partial charge on any atom is -0.480 e. The van der Waals surface area contributed by atoms with Crippen LogP contribution in [0.25, 0.3) is 0 Å². The van der Waals surface area contributed by atoms with Crippen molar-refractivity contribution in [1.82, 2.24) is 36.4 Å². The average molecular weight is 973 g/mol. The van der Waals surface area contributed by atoms with Crippen LogP contribution in [0.5, 0.6) is 0 Å². The number of likely N-dealkylation sites (N-methyl/N-ethyl adjacent to an activating group) is 1. The molecule has 8 N–H and O–H groups in total. The van der Waals surface area contributed by atoms with Crippen LogP contribution in [0.15, 0.2) is 30.3 Å². The lowest BCUT2D eigenvalue weighted by molar-refractivity contribution is -0.146. The third kappa shape index (κ3) is 22.5. The molecule has 6 amide bonds. The molecule has 6 atom stereocenters. The quantitative estimate of drug-likeness (QED) is 0.0527. The molecule has 19 nitrogen and oxygen atoms in total. The fraction of sp³-hybridized carbons (Fsp3) is 0.740. The summed E-state index contributed by atoms with van der Waals surface area (Å²) >= 11 is 0. The number of unbranched alkanes of at least 4 members (excludes halogenated alkanes) is 1. The smallest absolute Gasteiger partial charge is 0.407 e. The van der Waals surface area contributed by atoms with Crippen LogP contribution in [0.4, 0.5) is 9.59 Å². The first-order valence-corrected chi connectivity index (χ1v) is 25.1. The Labute approximate surface area is 409 Å². The summed E-state index contributed by atoms with van der Waals surface area (Å²) in [5.74, 6) is -3.12. The van der Waals surface area contributed by atoms with Crippen molar-refractivity contribution in [3.63, 3.8) is 0 Å². The summed E-state index contributed by atoms with van der Waals surface area (Å²) in [6.45, 7) is 14.3. The number of hydrogen-bond acceptors (Lipinski definition) is 12. The van der Waals surface area contributed by atoms with E-state index in [1.807, 2.05) is 26.8 Å². The van der Waals surface area contributed by atoms with Crippen LogP contribution >= 0.6 is 0 Å². The Morgan fingerprint density at radius 2 is 1.52 bits per heavy atom. The molecule has 0 aromatic heterocycles. The highest BCUT2D eigenvalue weighted by Gasteiger charge is 2.40. The van der Waals surface area contributed by atoms with Crippen molar-refractivity contribution in [2.75, 3.05) is 46.4 Å². The normalized spacial score (nSPS) is 16.8. The zero-order chi connectivity index (χ0) is 51.1. The number of carboxylic acids is 1. The van der Waals surface area contributed by atoms with E-state index < -0.39 is 84.3 Å². The number of rotatable bonds is 30. The van der Waals surface area contributed by atoms with Crippen LogP contribution < -0.4 is 32.3 Å². The maximum atomic E-state index is 14.9. The van der Waals surface area contributed by atoms with E-state index in [0.717, 1.165) is 50.5 Å². The van der Waals surface area contributed by atoms with E-state index in [9.17, 15) is 38.7 Å². The van der Waals surface area contributed by atoms with Gasteiger partial charge in [0, 0.05) is 39.3 Å². The van der Waals surface area contributed by atoms with Crippen molar-refractivity contribution >= 4 is 41.8 Å². The maximum Gasteiger partial charge on any atom is 0.407 e. The number of carboxylic acid groups (broad SMARTS) is 1. The van der Waals surface area contributed by atoms with Crippen molar-refractivity contribution in [2.24, 2.45) is 23.5 Å². The fourth-order valence-electron chi connectivity index (χ4n) is 8.34. The summed E-state index contributed by atoms with van der Waals surface area (Å²) < 4.78 is 16.1. The number of carbonyl (C=O) groups excluding carboxylic acids is 6. The number of amides is 6. The Hall–Kier alpha value is -5.01. The lowest BCUT2D eigenvalue weighted by Gasteiger charge is -2.38. The number of aliphatic carboxylic acids is 1. The summed E-state index contributed by atoms with van der Waals surface area (Å²) in [5.41, 5.74) is 6.36. The molecule has 0 heterocycles. The Bertz CT molecular complexity index is 1770. The first-order chi connectivity index (χ1) is 32.7. The van der Waals surface area contributed by atoms with Gasteiger partial charge in [0.15, 0.2) is 0 Å². The number of hydrogen-bond donors (Lipinski definition) is 7. The largest absolute Gasteiger partial charge is 0.480 e. The monoisotopic (exact) mass is 973 g/mol. The van der Waals surface area contributed by atoms with E-state index in [1.54, 1.807) is 52.1 Å². The molecule has 390 valence electrons. The third-order valence-electron chi connectivity index (χ3n) is 12.2. The van der Waals surface area contributed by atoms with Gasteiger partial charge in [-0.25, -0.2) is 14.4 Å². The Kier molecular flexibility index (Phi) is 25.3. The molecule has 2 saturated carbocycles. The van der Waals surface area contributed by atoms with E-state index in [-0.39, 0.29) is 37.6 Å². The predicted molar refractivity (Wildman–Crippen MR) is 262 cm³/mol. The number of nitrogens with one attached hydrogen (secondary N) is 5. The summed E-state index contributed by atoms with van der Waals surface area (Å²) in [6, 6.07) is 3.49. The van der Waals surface area contributed by atoms with Crippen molar-refractivity contribution in [2.45, 2.75) is 174 Å². The highest BCUT2D eigenvalue weighted by atomic mass is 16.6. The zero-order valence-corrected chi connectivity index (χ0v) is 42.5. The van der Waals surface area contributed by atoms with E-state index in [4.69, 9.17) is 19.9 Å². The minimum absolute atomic E-state index is 0.0175. The molecule has 19 heteroatoms. The topological polar surface area (TPSA) is 260 Å². The molecule has 2 aliphatic carbocycles. The van der Waals surface area contributed by atoms with E-state index in [0.29, 0.717) is 57.7 Å². The van der Waals surface area contributed by atoms with Crippen LogP contribution in [0, 0.1) is 17.8 Å². The molecule has 0 radical (unpaired) electrons. The Morgan fingerprint density at radius 1 is 0.841 bits per heavy atom. The van der Waals surface area contributed by atoms with E-state index in [1.165, 1.54) is 4.90 Å². The highest BCUT2D eigenvalue weighted by molar-refractivity contribution is 5.94. The molecule has 0 aliphatic heterocycles. The standard InChI is InChI=1S/C50H84N8O11/c1-9-10-22-40(58(30-35-23-24-35)29-34(4)54-43(59)38(51)32-67-26-17-25-52-49(66)69-50(5,6)7)46(62)57(8)41(27-33(2)3)44(60)56-42(37-20-15-12-16-21-37)45(61)55-39(47(63)64)28-53-48(65)68-31-36-18-13-11-14-19-36/h11,13-14,18-19,33-35,37-42H,9-10,12,15-17,20-32,51H2,1-8H3,(H,52,66)(H,53,65)(H,54,59)(H,55,61)(H,56,60)(H,63,64)/t34-,38+,39+,40+,41+,42+/m1/s1. The molecule has 0 spiro atoms. The molecule has 2 fully saturated rings.